The fraction of sp³-hybridized carbons (Fsp3) is 1.00. The predicted molar refractivity (Wildman–Crippen MR) is 52.3 cm³/mol. The van der Waals surface area contributed by atoms with Gasteiger partial charge in [-0.3, -0.25) is 4.55 Å². The van der Waals surface area contributed by atoms with Crippen LogP contribution in [0, 0.1) is 0 Å². The van der Waals surface area contributed by atoms with Crippen molar-refractivity contribution in [2.24, 2.45) is 0 Å². The average Bonchev–Trinajstić information content (AvgIpc) is 2.25. The van der Waals surface area contributed by atoms with Gasteiger partial charge in [-0.2, -0.15) is 47.9 Å². The Morgan fingerprint density at radius 3 is 1.36 bits per heavy atom. The molecular weight excluding hydrogens is 368 g/mol. The molecule has 0 saturated carbocycles. The molecule has 0 bridgehead atoms. The lowest BCUT2D eigenvalue weighted by atomic mass is 10.1. The largest absolute Gasteiger partial charge is 0.438 e. The van der Waals surface area contributed by atoms with E-state index in [0.29, 0.717) is 0 Å². The zero-order valence-corrected chi connectivity index (χ0v) is 11.3. The third kappa shape index (κ3) is 4.34. The van der Waals surface area contributed by atoms with Crippen LogP contribution in [0.5, 0.6) is 0 Å². The number of rotatable bonds is 4. The number of hydrogen-bond donors (Lipinski definition) is 2. The summed E-state index contributed by atoms with van der Waals surface area (Å²) in [5, 5.41) is -4.28. The van der Waals surface area contributed by atoms with E-state index in [-0.39, 0.29) is 0 Å². The van der Waals surface area contributed by atoms with E-state index < -0.39 is 39.6 Å². The maximum Gasteiger partial charge on any atom is 0.438 e. The molecule has 1 atom stereocenters. The Morgan fingerprint density at radius 2 is 1.18 bits per heavy atom. The van der Waals surface area contributed by atoms with E-state index in [0.717, 1.165) is 0 Å². The molecule has 2 N–H and O–H groups in total. The zero-order valence-electron chi connectivity index (χ0n) is 10.5. The highest BCUT2D eigenvalue weighted by Gasteiger charge is 2.82. The fourth-order valence-electron chi connectivity index (χ4n) is 0.721. The van der Waals surface area contributed by atoms with Crippen LogP contribution in [0.15, 0.2) is 0 Å². The van der Waals surface area contributed by atoms with Gasteiger partial charge in [0.25, 0.3) is 6.17 Å². The summed E-state index contributed by atoms with van der Waals surface area (Å²) < 4.78 is 148. The third-order valence-electron chi connectivity index (χ3n) is 1.71. The second-order valence-electron chi connectivity index (χ2n) is 3.59. The molecule has 0 saturated heterocycles. The lowest BCUT2D eigenvalue weighted by molar-refractivity contribution is -0.339. The Labute approximate surface area is 117 Å². The predicted octanol–water partition coefficient (Wildman–Crippen LogP) is 2.47. The molecule has 22 heavy (non-hydrogen) atoms. The highest BCUT2D eigenvalue weighted by molar-refractivity contribution is 7.87. The average molecular weight is 377 g/mol. The molecule has 0 radical (unpaired) electrons. The minimum atomic E-state index is -7.34. The first-order valence-electron chi connectivity index (χ1n) is 4.72. The third-order valence-corrected chi connectivity index (χ3v) is 2.62. The number of halogens is 10. The second kappa shape index (κ2) is 6.74. The van der Waals surface area contributed by atoms with E-state index in [1.165, 1.54) is 0 Å². The first-order valence-corrected chi connectivity index (χ1v) is 6.16. The lowest BCUT2D eigenvalue weighted by Crippen LogP contribution is -2.63. The van der Waals surface area contributed by atoms with Crippen LogP contribution < -0.4 is 5.32 Å². The van der Waals surface area contributed by atoms with Crippen molar-refractivity contribution in [1.82, 2.24) is 5.32 Å². The van der Waals surface area contributed by atoms with Crippen LogP contribution >= 0.6 is 0 Å². The van der Waals surface area contributed by atoms with Crippen molar-refractivity contribution >= 4 is 10.1 Å². The Morgan fingerprint density at radius 1 is 0.909 bits per heavy atom. The van der Waals surface area contributed by atoms with Crippen molar-refractivity contribution in [3.05, 3.63) is 0 Å². The van der Waals surface area contributed by atoms with Gasteiger partial charge >= 0.3 is 33.4 Å². The van der Waals surface area contributed by atoms with Gasteiger partial charge in [-0.25, -0.2) is 4.39 Å². The van der Waals surface area contributed by atoms with Crippen LogP contribution in [-0.4, -0.2) is 56.5 Å². The molecule has 0 aromatic heterocycles. The SMILES string of the molecule is CNC.O=S(=O)(O)C(F)(F)C(F)(F)C(F)(F)C(F)C(F)(F)F. The van der Waals surface area contributed by atoms with Crippen molar-refractivity contribution in [1.29, 1.82) is 0 Å². The quantitative estimate of drug-likeness (QED) is 0.584. The maximum atomic E-state index is 12.5. The normalized spacial score (nSPS) is 15.9. The number of alkyl halides is 10. The van der Waals surface area contributed by atoms with Crippen molar-refractivity contribution in [2.75, 3.05) is 14.1 Å². The summed E-state index contributed by atoms with van der Waals surface area (Å²) in [5.74, 6) is -14.5. The van der Waals surface area contributed by atoms with Gasteiger partial charge in [0, 0.05) is 0 Å². The van der Waals surface area contributed by atoms with Crippen molar-refractivity contribution in [2.45, 2.75) is 29.4 Å². The summed E-state index contributed by atoms with van der Waals surface area (Å²) in [6.45, 7) is 0. The Balaban J connectivity index is 0. The summed E-state index contributed by atoms with van der Waals surface area (Å²) in [6.07, 6.45) is -12.4. The van der Waals surface area contributed by atoms with E-state index >= 15 is 0 Å². The molecule has 0 aromatic rings. The minimum Gasteiger partial charge on any atom is -0.323 e. The maximum absolute atomic E-state index is 12.5. The Kier molecular flexibility index (Phi) is 7.18. The molecule has 0 heterocycles. The van der Waals surface area contributed by atoms with Crippen LogP contribution in [0.3, 0.4) is 0 Å². The molecule has 0 aliphatic heterocycles. The summed E-state index contributed by atoms with van der Waals surface area (Å²) >= 11 is 0. The molecule has 0 aromatic carbocycles. The summed E-state index contributed by atoms with van der Waals surface area (Å²) in [7, 11) is -3.47. The van der Waals surface area contributed by atoms with Crippen molar-refractivity contribution < 1.29 is 56.9 Å². The second-order valence-corrected chi connectivity index (χ2v) is 5.06. The highest BCUT2D eigenvalue weighted by Crippen LogP contribution is 2.52. The summed E-state index contributed by atoms with van der Waals surface area (Å²) in [4.78, 5) is 0. The van der Waals surface area contributed by atoms with Crippen LogP contribution in [0.1, 0.15) is 0 Å². The first kappa shape index (κ1) is 23.4. The standard InChI is InChI=1S/C5H2F10O3S.C2H7N/c6-1(3(9,10)11)2(7,8)4(12,13)5(14,15)19(16,17)18;1-3-2/h1H,(H,16,17,18);3H,1-2H3. The molecule has 136 valence electrons. The van der Waals surface area contributed by atoms with E-state index in [1.807, 2.05) is 14.1 Å². The van der Waals surface area contributed by atoms with Gasteiger partial charge in [0.05, 0.1) is 0 Å². The molecule has 1 unspecified atom stereocenters. The topological polar surface area (TPSA) is 66.4 Å². The van der Waals surface area contributed by atoms with Gasteiger partial charge < -0.3 is 5.32 Å². The molecule has 0 rings (SSSR count). The Hall–Kier alpha value is -0.830. The van der Waals surface area contributed by atoms with Gasteiger partial charge in [-0.05, 0) is 14.1 Å². The van der Waals surface area contributed by atoms with E-state index in [9.17, 15) is 52.3 Å². The monoisotopic (exact) mass is 377 g/mol. The summed E-state index contributed by atoms with van der Waals surface area (Å²) in [6, 6.07) is 0. The molecule has 0 fully saturated rings. The van der Waals surface area contributed by atoms with Gasteiger partial charge in [0.2, 0.25) is 0 Å². The van der Waals surface area contributed by atoms with E-state index in [4.69, 9.17) is 4.55 Å². The number of nitrogens with one attached hydrogen (secondary N) is 1. The minimum absolute atomic E-state index is 1.88. The Bertz CT molecular complexity index is 460. The van der Waals surface area contributed by atoms with E-state index in [2.05, 4.69) is 5.32 Å². The van der Waals surface area contributed by atoms with Gasteiger partial charge in [-0.15, -0.1) is 0 Å². The van der Waals surface area contributed by atoms with Gasteiger partial charge in [0.15, 0.2) is 0 Å². The zero-order chi connectivity index (χ0) is 18.8. The smallest absolute Gasteiger partial charge is 0.323 e. The molecule has 0 aliphatic carbocycles. The van der Waals surface area contributed by atoms with Crippen molar-refractivity contribution in [3.63, 3.8) is 0 Å². The van der Waals surface area contributed by atoms with E-state index in [1.54, 1.807) is 0 Å². The van der Waals surface area contributed by atoms with Crippen LogP contribution in [-0.2, 0) is 10.1 Å². The van der Waals surface area contributed by atoms with Crippen LogP contribution in [0.25, 0.3) is 0 Å². The summed E-state index contributed by atoms with van der Waals surface area (Å²) in [5.41, 5.74) is 0. The van der Waals surface area contributed by atoms with Gasteiger partial charge in [-0.1, -0.05) is 0 Å². The van der Waals surface area contributed by atoms with Gasteiger partial charge in [0.1, 0.15) is 0 Å². The van der Waals surface area contributed by atoms with Crippen LogP contribution in [0.4, 0.5) is 43.9 Å². The molecule has 0 aliphatic rings. The van der Waals surface area contributed by atoms with Crippen molar-refractivity contribution in [3.8, 4) is 0 Å². The molecule has 0 spiro atoms. The lowest BCUT2D eigenvalue weighted by Gasteiger charge is -2.33. The molecule has 4 nitrogen and oxygen atoms in total. The number of hydrogen-bond acceptors (Lipinski definition) is 3. The fourth-order valence-corrected chi connectivity index (χ4v) is 1.18. The molecule has 0 amide bonds. The highest BCUT2D eigenvalue weighted by atomic mass is 32.2. The first-order chi connectivity index (χ1) is 9.32. The molecule has 15 heteroatoms. The van der Waals surface area contributed by atoms with Crippen LogP contribution in [0.2, 0.25) is 0 Å². The molecular formula is C7H9F10NO3S.